The molecule has 1 unspecified atom stereocenters. The highest BCUT2D eigenvalue weighted by Crippen LogP contribution is 2.20. The van der Waals surface area contributed by atoms with E-state index < -0.39 is 0 Å². The first-order chi connectivity index (χ1) is 9.24. The summed E-state index contributed by atoms with van der Waals surface area (Å²) in [6, 6.07) is 15.0. The SMILES string of the molecule is CCc1ccc(C(Cc2ccccc2F)NN)cc1. The molecule has 0 radical (unpaired) electrons. The van der Waals surface area contributed by atoms with Crippen LogP contribution in [0, 0.1) is 5.82 Å². The van der Waals surface area contributed by atoms with E-state index in [1.54, 1.807) is 12.1 Å². The average molecular weight is 258 g/mol. The molecule has 0 fully saturated rings. The second-order valence-corrected chi connectivity index (χ2v) is 4.61. The zero-order valence-corrected chi connectivity index (χ0v) is 11.1. The standard InChI is InChI=1S/C16H19FN2/c1-2-12-7-9-13(10-8-12)16(19-18)11-14-5-3-4-6-15(14)17/h3-10,16,19H,2,11,18H2,1H3. The van der Waals surface area contributed by atoms with E-state index in [9.17, 15) is 4.39 Å². The minimum atomic E-state index is -0.187. The number of benzene rings is 2. The van der Waals surface area contributed by atoms with Gasteiger partial charge in [-0.3, -0.25) is 11.3 Å². The Morgan fingerprint density at radius 2 is 1.79 bits per heavy atom. The van der Waals surface area contributed by atoms with E-state index in [2.05, 4.69) is 24.5 Å². The summed E-state index contributed by atoms with van der Waals surface area (Å²) < 4.78 is 13.7. The van der Waals surface area contributed by atoms with Gasteiger partial charge in [0.1, 0.15) is 5.82 Å². The lowest BCUT2D eigenvalue weighted by molar-refractivity contribution is 0.529. The van der Waals surface area contributed by atoms with Crippen LogP contribution in [0.3, 0.4) is 0 Å². The van der Waals surface area contributed by atoms with Gasteiger partial charge in [-0.2, -0.15) is 0 Å². The third-order valence-corrected chi connectivity index (χ3v) is 3.37. The lowest BCUT2D eigenvalue weighted by Gasteiger charge is -2.17. The quantitative estimate of drug-likeness (QED) is 0.638. The monoisotopic (exact) mass is 258 g/mol. The van der Waals surface area contributed by atoms with Crippen molar-refractivity contribution in [1.29, 1.82) is 0 Å². The highest BCUT2D eigenvalue weighted by atomic mass is 19.1. The fourth-order valence-electron chi connectivity index (χ4n) is 2.14. The van der Waals surface area contributed by atoms with Crippen LogP contribution < -0.4 is 11.3 Å². The van der Waals surface area contributed by atoms with Gasteiger partial charge >= 0.3 is 0 Å². The summed E-state index contributed by atoms with van der Waals surface area (Å²) in [7, 11) is 0. The average Bonchev–Trinajstić information content (AvgIpc) is 2.47. The minimum absolute atomic E-state index is 0.0807. The van der Waals surface area contributed by atoms with Gasteiger partial charge in [0.2, 0.25) is 0 Å². The van der Waals surface area contributed by atoms with Crippen LogP contribution in [0.2, 0.25) is 0 Å². The zero-order valence-electron chi connectivity index (χ0n) is 11.1. The summed E-state index contributed by atoms with van der Waals surface area (Å²) in [6.07, 6.45) is 1.54. The van der Waals surface area contributed by atoms with Crippen LogP contribution in [0.25, 0.3) is 0 Å². The van der Waals surface area contributed by atoms with E-state index >= 15 is 0 Å². The molecule has 19 heavy (non-hydrogen) atoms. The van der Waals surface area contributed by atoms with E-state index in [-0.39, 0.29) is 11.9 Å². The van der Waals surface area contributed by atoms with Crippen LogP contribution in [-0.4, -0.2) is 0 Å². The van der Waals surface area contributed by atoms with Crippen molar-refractivity contribution in [2.45, 2.75) is 25.8 Å². The van der Waals surface area contributed by atoms with Gasteiger partial charge in [-0.15, -0.1) is 0 Å². The normalized spacial score (nSPS) is 12.4. The Labute approximate surface area is 113 Å². The lowest BCUT2D eigenvalue weighted by Crippen LogP contribution is -2.29. The van der Waals surface area contributed by atoms with Crippen LogP contribution in [0.1, 0.15) is 29.7 Å². The van der Waals surface area contributed by atoms with E-state index in [1.807, 2.05) is 18.2 Å². The number of nitrogens with two attached hydrogens (primary N) is 1. The number of hydrogen-bond acceptors (Lipinski definition) is 2. The molecule has 3 heteroatoms. The second-order valence-electron chi connectivity index (χ2n) is 4.61. The predicted octanol–water partition coefficient (Wildman–Crippen LogP) is 3.14. The molecule has 0 spiro atoms. The van der Waals surface area contributed by atoms with E-state index in [1.165, 1.54) is 11.6 Å². The first-order valence-electron chi connectivity index (χ1n) is 6.53. The van der Waals surface area contributed by atoms with Crippen LogP contribution >= 0.6 is 0 Å². The van der Waals surface area contributed by atoms with Crippen LogP contribution in [0.4, 0.5) is 4.39 Å². The highest BCUT2D eigenvalue weighted by molar-refractivity contribution is 5.27. The van der Waals surface area contributed by atoms with E-state index in [4.69, 9.17) is 5.84 Å². The molecule has 2 nitrogen and oxygen atoms in total. The molecule has 0 aliphatic heterocycles. The first-order valence-corrected chi connectivity index (χ1v) is 6.53. The maximum atomic E-state index is 13.7. The Balaban J connectivity index is 2.17. The number of hydrogen-bond donors (Lipinski definition) is 2. The predicted molar refractivity (Wildman–Crippen MR) is 76.0 cm³/mol. The lowest BCUT2D eigenvalue weighted by atomic mass is 9.98. The molecule has 0 bridgehead atoms. The van der Waals surface area contributed by atoms with Crippen molar-refractivity contribution < 1.29 is 4.39 Å². The number of aryl methyl sites for hydroxylation is 1. The third-order valence-electron chi connectivity index (χ3n) is 3.37. The van der Waals surface area contributed by atoms with Gasteiger partial charge in [0, 0.05) is 0 Å². The summed E-state index contributed by atoms with van der Waals surface area (Å²) in [6.45, 7) is 2.12. The molecule has 0 aromatic heterocycles. The van der Waals surface area contributed by atoms with Crippen molar-refractivity contribution in [3.05, 3.63) is 71.0 Å². The molecule has 0 aliphatic carbocycles. The van der Waals surface area contributed by atoms with Crippen LogP contribution in [0.5, 0.6) is 0 Å². The molecule has 0 amide bonds. The molecule has 0 saturated carbocycles. The Hall–Kier alpha value is -1.71. The van der Waals surface area contributed by atoms with Crippen LogP contribution in [-0.2, 0) is 12.8 Å². The van der Waals surface area contributed by atoms with Crippen molar-refractivity contribution in [2.24, 2.45) is 5.84 Å². The fourth-order valence-corrected chi connectivity index (χ4v) is 2.14. The van der Waals surface area contributed by atoms with Gasteiger partial charge in [0.25, 0.3) is 0 Å². The third kappa shape index (κ3) is 3.40. The van der Waals surface area contributed by atoms with Gasteiger partial charge in [-0.25, -0.2) is 4.39 Å². The Kier molecular flexibility index (Phi) is 4.66. The minimum Gasteiger partial charge on any atom is -0.271 e. The fraction of sp³-hybridized carbons (Fsp3) is 0.250. The highest BCUT2D eigenvalue weighted by Gasteiger charge is 2.12. The Morgan fingerprint density at radius 1 is 1.11 bits per heavy atom. The smallest absolute Gasteiger partial charge is 0.126 e. The van der Waals surface area contributed by atoms with E-state index in [0.29, 0.717) is 12.0 Å². The van der Waals surface area contributed by atoms with Gasteiger partial charge in [0.15, 0.2) is 0 Å². The number of nitrogens with one attached hydrogen (secondary N) is 1. The molecular formula is C16H19FN2. The summed E-state index contributed by atoms with van der Waals surface area (Å²) in [5.74, 6) is 5.41. The Morgan fingerprint density at radius 3 is 2.37 bits per heavy atom. The largest absolute Gasteiger partial charge is 0.271 e. The first kappa shape index (κ1) is 13.7. The number of halogens is 1. The molecule has 2 rings (SSSR count). The van der Waals surface area contributed by atoms with Gasteiger partial charge < -0.3 is 0 Å². The topological polar surface area (TPSA) is 38.0 Å². The summed E-state index contributed by atoms with van der Waals surface area (Å²) >= 11 is 0. The van der Waals surface area contributed by atoms with Crippen molar-refractivity contribution >= 4 is 0 Å². The van der Waals surface area contributed by atoms with Crippen molar-refractivity contribution in [1.82, 2.24) is 5.43 Å². The van der Waals surface area contributed by atoms with Gasteiger partial charge in [-0.05, 0) is 35.6 Å². The number of rotatable bonds is 5. The Bertz CT molecular complexity index is 523. The van der Waals surface area contributed by atoms with Gasteiger partial charge in [0.05, 0.1) is 6.04 Å². The molecular weight excluding hydrogens is 239 g/mol. The zero-order chi connectivity index (χ0) is 13.7. The van der Waals surface area contributed by atoms with Crippen molar-refractivity contribution in [3.8, 4) is 0 Å². The molecule has 1 atom stereocenters. The van der Waals surface area contributed by atoms with Crippen molar-refractivity contribution in [3.63, 3.8) is 0 Å². The molecule has 2 aromatic rings. The summed E-state index contributed by atoms with van der Waals surface area (Å²) in [5.41, 5.74) is 5.79. The second kappa shape index (κ2) is 6.45. The molecule has 0 saturated heterocycles. The summed E-state index contributed by atoms with van der Waals surface area (Å²) in [5, 5.41) is 0. The van der Waals surface area contributed by atoms with Crippen LogP contribution in [0.15, 0.2) is 48.5 Å². The molecule has 0 aliphatic rings. The molecule has 100 valence electrons. The summed E-state index contributed by atoms with van der Waals surface area (Å²) in [4.78, 5) is 0. The maximum Gasteiger partial charge on any atom is 0.126 e. The molecule has 3 N–H and O–H groups in total. The number of hydrazine groups is 1. The van der Waals surface area contributed by atoms with Crippen molar-refractivity contribution in [2.75, 3.05) is 0 Å². The maximum absolute atomic E-state index is 13.7. The van der Waals surface area contributed by atoms with E-state index in [0.717, 1.165) is 12.0 Å². The molecule has 2 aromatic carbocycles. The van der Waals surface area contributed by atoms with Gasteiger partial charge in [-0.1, -0.05) is 49.4 Å². The molecule has 0 heterocycles.